The van der Waals surface area contributed by atoms with Crippen LogP contribution in [0.15, 0.2) is 42.5 Å². The van der Waals surface area contributed by atoms with Gasteiger partial charge in [-0.2, -0.15) is 0 Å². The van der Waals surface area contributed by atoms with Gasteiger partial charge in [-0.3, -0.25) is 14.4 Å². The first-order valence-electron chi connectivity index (χ1n) is 13.0. The minimum atomic E-state index is -0.553. The quantitative estimate of drug-likeness (QED) is 0.424. The molecular formula is C28H40N2O5. The van der Waals surface area contributed by atoms with E-state index in [4.69, 9.17) is 4.74 Å². The molecule has 0 saturated heterocycles. The van der Waals surface area contributed by atoms with Gasteiger partial charge in [0.2, 0.25) is 11.8 Å². The number of carbonyl (C=O) groups excluding carboxylic acids is 3. The van der Waals surface area contributed by atoms with E-state index < -0.39 is 11.5 Å². The second-order valence-electron chi connectivity index (χ2n) is 10.2. The molecule has 1 heterocycles. The third kappa shape index (κ3) is 8.49. The third-order valence-electron chi connectivity index (χ3n) is 7.10. The molecule has 7 nitrogen and oxygen atoms in total. The molecule has 3 N–H and O–H groups in total. The van der Waals surface area contributed by atoms with Crippen molar-refractivity contribution in [3.63, 3.8) is 0 Å². The minimum Gasteiger partial charge on any atom is -0.463 e. The van der Waals surface area contributed by atoms with Gasteiger partial charge >= 0.3 is 5.97 Å². The Balaban J connectivity index is 1.61. The van der Waals surface area contributed by atoms with Crippen LogP contribution in [-0.2, 0) is 25.5 Å². The van der Waals surface area contributed by atoms with E-state index in [0.717, 1.165) is 50.5 Å². The van der Waals surface area contributed by atoms with Gasteiger partial charge < -0.3 is 20.5 Å². The van der Waals surface area contributed by atoms with E-state index in [2.05, 4.69) is 10.6 Å². The van der Waals surface area contributed by atoms with E-state index in [0.29, 0.717) is 12.8 Å². The van der Waals surface area contributed by atoms with Gasteiger partial charge in [-0.1, -0.05) is 55.3 Å². The van der Waals surface area contributed by atoms with E-state index in [1.165, 1.54) is 0 Å². The summed E-state index contributed by atoms with van der Waals surface area (Å²) in [5.74, 6) is -1.41. The Morgan fingerprint density at radius 1 is 1.11 bits per heavy atom. The van der Waals surface area contributed by atoms with E-state index >= 15 is 0 Å². The highest BCUT2D eigenvalue weighted by Crippen LogP contribution is 2.29. The molecule has 2 amide bonds. The number of cyclic esters (lactones) is 1. The predicted octanol–water partition coefficient (Wildman–Crippen LogP) is 3.45. The van der Waals surface area contributed by atoms with Crippen LogP contribution >= 0.6 is 0 Å². The highest BCUT2D eigenvalue weighted by molar-refractivity contribution is 5.86. The average molecular weight is 485 g/mol. The normalized spacial score (nSPS) is 25.8. The maximum Gasteiger partial charge on any atom is 0.309 e. The number of aliphatic hydroxyl groups excluding tert-OH is 1. The number of ether oxygens (including phenoxy) is 1. The minimum absolute atomic E-state index is 0.0591. The van der Waals surface area contributed by atoms with Crippen LogP contribution in [0.4, 0.5) is 0 Å². The van der Waals surface area contributed by atoms with Crippen LogP contribution in [0.1, 0.15) is 70.3 Å². The fourth-order valence-corrected chi connectivity index (χ4v) is 5.02. The fraction of sp³-hybridized carbons (Fsp3) is 0.607. The van der Waals surface area contributed by atoms with Crippen LogP contribution < -0.4 is 10.6 Å². The molecule has 7 heteroatoms. The predicted molar refractivity (Wildman–Crippen MR) is 134 cm³/mol. The van der Waals surface area contributed by atoms with Crippen molar-refractivity contribution in [1.82, 2.24) is 10.6 Å². The molecule has 0 radical (unpaired) electrons. The van der Waals surface area contributed by atoms with Crippen molar-refractivity contribution >= 4 is 17.8 Å². The first-order chi connectivity index (χ1) is 16.9. The Morgan fingerprint density at radius 3 is 2.57 bits per heavy atom. The van der Waals surface area contributed by atoms with Crippen LogP contribution in [0.2, 0.25) is 0 Å². The van der Waals surface area contributed by atoms with Crippen LogP contribution in [-0.4, -0.2) is 47.7 Å². The van der Waals surface area contributed by atoms with Crippen molar-refractivity contribution in [3.8, 4) is 0 Å². The Bertz CT molecular complexity index is 863. The van der Waals surface area contributed by atoms with Gasteiger partial charge in [0, 0.05) is 6.42 Å². The topological polar surface area (TPSA) is 105 Å². The zero-order valence-corrected chi connectivity index (χ0v) is 20.8. The average Bonchev–Trinajstić information content (AvgIpc) is 3.32. The molecule has 1 saturated carbocycles. The molecule has 0 spiro atoms. The third-order valence-corrected chi connectivity index (χ3v) is 7.10. The van der Waals surface area contributed by atoms with Crippen molar-refractivity contribution in [2.45, 2.75) is 82.7 Å². The Hall–Kier alpha value is -2.67. The summed E-state index contributed by atoms with van der Waals surface area (Å²) in [7, 11) is 0. The van der Waals surface area contributed by atoms with Gasteiger partial charge in [-0.15, -0.1) is 0 Å². The monoisotopic (exact) mass is 484 g/mol. The molecule has 35 heavy (non-hydrogen) atoms. The van der Waals surface area contributed by atoms with Crippen LogP contribution in [0.5, 0.6) is 0 Å². The van der Waals surface area contributed by atoms with E-state index in [9.17, 15) is 19.5 Å². The van der Waals surface area contributed by atoms with E-state index in [-0.39, 0.29) is 49.4 Å². The molecule has 1 aliphatic carbocycles. The van der Waals surface area contributed by atoms with Gasteiger partial charge in [0.25, 0.3) is 0 Å². The number of benzene rings is 1. The van der Waals surface area contributed by atoms with Crippen molar-refractivity contribution in [3.05, 3.63) is 48.0 Å². The standard InChI is InChI=1S/C28H40N2O5/c1-21-19-35-27(34)24(17-22-11-5-4-6-12-22)14-8-3-2-7-13-23(26(33)29-21)18-25(32)30-28(20-31)15-9-10-16-28/h2,4-7,11-12,21,23-24,31H,3,8-10,13-20H2,1H3,(H,29,33)(H,30,32). The number of aliphatic hydroxyl groups is 1. The zero-order chi connectivity index (χ0) is 25.1. The molecule has 0 aromatic heterocycles. The Morgan fingerprint density at radius 2 is 1.86 bits per heavy atom. The van der Waals surface area contributed by atoms with Crippen molar-refractivity contribution in [1.29, 1.82) is 0 Å². The van der Waals surface area contributed by atoms with E-state index in [1.54, 1.807) is 6.92 Å². The summed E-state index contributed by atoms with van der Waals surface area (Å²) in [6.07, 6.45) is 11.0. The van der Waals surface area contributed by atoms with Gasteiger partial charge in [-0.05, 0) is 57.4 Å². The number of hydrogen-bond acceptors (Lipinski definition) is 5. The summed E-state index contributed by atoms with van der Waals surface area (Å²) in [5.41, 5.74) is 0.553. The van der Waals surface area contributed by atoms with E-state index in [1.807, 2.05) is 42.5 Å². The number of nitrogens with one attached hydrogen (secondary N) is 2. The lowest BCUT2D eigenvalue weighted by Gasteiger charge is -2.29. The number of rotatable bonds is 6. The first kappa shape index (κ1) is 26.9. The Kier molecular flexibility index (Phi) is 10.3. The summed E-state index contributed by atoms with van der Waals surface area (Å²) >= 11 is 0. The lowest BCUT2D eigenvalue weighted by atomic mass is 9.93. The van der Waals surface area contributed by atoms with Crippen molar-refractivity contribution in [2.24, 2.45) is 11.8 Å². The summed E-state index contributed by atoms with van der Waals surface area (Å²) < 4.78 is 5.59. The smallest absolute Gasteiger partial charge is 0.309 e. The van der Waals surface area contributed by atoms with Crippen LogP contribution in [0.3, 0.4) is 0 Å². The molecule has 1 fully saturated rings. The Labute approximate surface area is 208 Å². The van der Waals surface area contributed by atoms with Gasteiger partial charge in [0.05, 0.1) is 30.0 Å². The van der Waals surface area contributed by atoms with Gasteiger partial charge in [-0.25, -0.2) is 0 Å². The number of carbonyl (C=O) groups is 3. The molecule has 3 atom stereocenters. The van der Waals surface area contributed by atoms with Crippen LogP contribution in [0.25, 0.3) is 0 Å². The second kappa shape index (κ2) is 13.4. The first-order valence-corrected chi connectivity index (χ1v) is 13.0. The molecule has 1 aromatic carbocycles. The molecule has 192 valence electrons. The second-order valence-corrected chi connectivity index (χ2v) is 10.2. The molecular weight excluding hydrogens is 444 g/mol. The maximum atomic E-state index is 13.0. The summed E-state index contributed by atoms with van der Waals surface area (Å²) in [4.78, 5) is 38.6. The summed E-state index contributed by atoms with van der Waals surface area (Å²) in [6, 6.07) is 9.58. The molecule has 1 aliphatic heterocycles. The lowest BCUT2D eigenvalue weighted by molar-refractivity contribution is -0.150. The highest BCUT2D eigenvalue weighted by Gasteiger charge is 2.35. The summed E-state index contributed by atoms with van der Waals surface area (Å²) in [5, 5.41) is 15.7. The summed E-state index contributed by atoms with van der Waals surface area (Å²) in [6.45, 7) is 1.82. The van der Waals surface area contributed by atoms with Gasteiger partial charge in [0.1, 0.15) is 6.61 Å². The number of allylic oxidation sites excluding steroid dienone is 2. The molecule has 3 unspecified atom stereocenters. The number of hydrogen-bond donors (Lipinski definition) is 3. The van der Waals surface area contributed by atoms with Gasteiger partial charge in [0.15, 0.2) is 0 Å². The SMILES string of the molecule is CC1COC(=O)C(Cc2ccccc2)CCCC=CCC(CC(=O)NC2(CO)CCCC2)C(=O)N1. The fourth-order valence-electron chi connectivity index (χ4n) is 5.02. The molecule has 1 aromatic rings. The highest BCUT2D eigenvalue weighted by atomic mass is 16.5. The number of amides is 2. The zero-order valence-electron chi connectivity index (χ0n) is 20.8. The largest absolute Gasteiger partial charge is 0.463 e. The molecule has 3 rings (SSSR count). The van der Waals surface area contributed by atoms with Crippen molar-refractivity contribution < 1.29 is 24.2 Å². The van der Waals surface area contributed by atoms with Crippen molar-refractivity contribution in [2.75, 3.05) is 13.2 Å². The molecule has 2 aliphatic rings. The van der Waals surface area contributed by atoms with Crippen LogP contribution in [0, 0.1) is 11.8 Å². The molecule has 0 bridgehead atoms. The lowest BCUT2D eigenvalue weighted by Crippen LogP contribution is -2.50. The number of esters is 1. The maximum absolute atomic E-state index is 13.0.